The maximum atomic E-state index is 14.2. The molecule has 0 aromatic heterocycles. The van der Waals surface area contributed by atoms with Crippen LogP contribution in [0.4, 0.5) is 10.1 Å². The fraction of sp³-hybridized carbons (Fsp3) is 0.214. The van der Waals surface area contributed by atoms with Crippen LogP contribution < -0.4 is 15.1 Å². The van der Waals surface area contributed by atoms with Crippen LogP contribution in [-0.2, 0) is 16.0 Å². The van der Waals surface area contributed by atoms with E-state index in [1.165, 1.54) is 33.2 Å². The molecule has 1 unspecified atom stereocenters. The highest BCUT2D eigenvalue weighted by molar-refractivity contribution is 8.04. The maximum absolute atomic E-state index is 14.2. The zero-order valence-electron chi connectivity index (χ0n) is 19.7. The SMILES string of the molecule is C[NH+](CCNC(=O)CN1C(=O)C(=Cc2ccccc2F)Sc2ccccc21)CCc1ccccc1. The van der Waals surface area contributed by atoms with Gasteiger partial charge in [-0.1, -0.05) is 72.4 Å². The van der Waals surface area contributed by atoms with Gasteiger partial charge in [0.15, 0.2) is 0 Å². The van der Waals surface area contributed by atoms with E-state index in [0.29, 0.717) is 22.7 Å². The van der Waals surface area contributed by atoms with Crippen LogP contribution in [-0.4, -0.2) is 45.0 Å². The number of hydrogen-bond acceptors (Lipinski definition) is 3. The van der Waals surface area contributed by atoms with Gasteiger partial charge in [-0.05, 0) is 29.8 Å². The van der Waals surface area contributed by atoms with Crippen molar-refractivity contribution in [1.82, 2.24) is 5.32 Å². The molecule has 5 nitrogen and oxygen atoms in total. The lowest BCUT2D eigenvalue weighted by Crippen LogP contribution is -3.10. The molecule has 0 spiro atoms. The Hall–Kier alpha value is -3.42. The number of fused-ring (bicyclic) bond motifs is 1. The highest BCUT2D eigenvalue weighted by Crippen LogP contribution is 2.42. The molecule has 3 aromatic rings. The monoisotopic (exact) mass is 490 g/mol. The summed E-state index contributed by atoms with van der Waals surface area (Å²) in [4.78, 5) is 30.0. The minimum absolute atomic E-state index is 0.0892. The molecular formula is C28H29FN3O2S+. The van der Waals surface area contributed by atoms with Crippen LogP contribution in [0, 0.1) is 5.82 Å². The van der Waals surface area contributed by atoms with E-state index in [9.17, 15) is 14.0 Å². The standard InChI is InChI=1S/C28H28FN3O2S/c1-31(17-15-21-9-3-2-4-10-21)18-16-30-27(33)20-32-24-13-7-8-14-25(24)35-26(28(32)34)19-22-11-5-6-12-23(22)29/h2-14,19H,15-18,20H2,1H3,(H,30,33)/p+1. The summed E-state index contributed by atoms with van der Waals surface area (Å²) in [5.41, 5.74) is 2.33. The van der Waals surface area contributed by atoms with Crippen molar-refractivity contribution in [1.29, 1.82) is 0 Å². The first-order chi connectivity index (χ1) is 17.0. The Kier molecular flexibility index (Phi) is 8.34. The average Bonchev–Trinajstić information content (AvgIpc) is 2.87. The fourth-order valence-corrected chi connectivity index (χ4v) is 4.94. The Labute approximate surface area is 209 Å². The third-order valence-corrected chi connectivity index (χ3v) is 6.96. The van der Waals surface area contributed by atoms with Gasteiger partial charge < -0.3 is 10.2 Å². The maximum Gasteiger partial charge on any atom is 0.265 e. The quantitative estimate of drug-likeness (QED) is 0.453. The van der Waals surface area contributed by atoms with Crippen LogP contribution in [0.1, 0.15) is 11.1 Å². The zero-order valence-corrected chi connectivity index (χ0v) is 20.5. The lowest BCUT2D eigenvalue weighted by Gasteiger charge is -2.29. The number of amides is 2. The molecule has 180 valence electrons. The number of carbonyl (C=O) groups is 2. The number of thioether (sulfide) groups is 1. The van der Waals surface area contributed by atoms with Crippen LogP contribution in [0.15, 0.2) is 88.7 Å². The molecule has 1 aliphatic rings. The van der Waals surface area contributed by atoms with E-state index in [-0.39, 0.29) is 18.4 Å². The predicted octanol–water partition coefficient (Wildman–Crippen LogP) is 3.18. The summed E-state index contributed by atoms with van der Waals surface area (Å²) in [6.07, 6.45) is 2.53. The number of benzene rings is 3. The molecule has 1 atom stereocenters. The summed E-state index contributed by atoms with van der Waals surface area (Å²) < 4.78 is 14.2. The van der Waals surface area contributed by atoms with Crippen molar-refractivity contribution in [2.24, 2.45) is 0 Å². The topological polar surface area (TPSA) is 53.9 Å². The highest BCUT2D eigenvalue weighted by atomic mass is 32.2. The first-order valence-corrected chi connectivity index (χ1v) is 12.5. The number of quaternary nitrogens is 1. The normalized spacial score (nSPS) is 15.1. The van der Waals surface area contributed by atoms with Gasteiger partial charge in [-0.3, -0.25) is 14.5 Å². The lowest BCUT2D eigenvalue weighted by atomic mass is 10.1. The van der Waals surface area contributed by atoms with E-state index < -0.39 is 5.82 Å². The summed E-state index contributed by atoms with van der Waals surface area (Å²) in [6, 6.07) is 24.1. The number of para-hydroxylation sites is 1. The molecule has 0 saturated heterocycles. The molecule has 3 aromatic carbocycles. The van der Waals surface area contributed by atoms with Gasteiger partial charge >= 0.3 is 0 Å². The minimum atomic E-state index is -0.393. The zero-order chi connectivity index (χ0) is 24.6. The number of likely N-dealkylation sites (N-methyl/N-ethyl adjacent to an activating group) is 1. The third-order valence-electron chi connectivity index (χ3n) is 5.88. The highest BCUT2D eigenvalue weighted by Gasteiger charge is 2.30. The van der Waals surface area contributed by atoms with Crippen LogP contribution in [0.25, 0.3) is 6.08 Å². The first-order valence-electron chi connectivity index (χ1n) is 11.7. The van der Waals surface area contributed by atoms with Gasteiger partial charge in [0.25, 0.3) is 5.91 Å². The number of hydrogen-bond donors (Lipinski definition) is 2. The van der Waals surface area contributed by atoms with E-state index in [4.69, 9.17) is 0 Å². The number of anilines is 1. The number of halogens is 1. The second-order valence-corrected chi connectivity index (χ2v) is 9.62. The van der Waals surface area contributed by atoms with Crippen LogP contribution in [0.5, 0.6) is 0 Å². The molecule has 0 saturated carbocycles. The molecule has 35 heavy (non-hydrogen) atoms. The predicted molar refractivity (Wildman–Crippen MR) is 139 cm³/mol. The lowest BCUT2D eigenvalue weighted by molar-refractivity contribution is -0.878. The molecular weight excluding hydrogens is 461 g/mol. The van der Waals surface area contributed by atoms with Crippen LogP contribution >= 0.6 is 11.8 Å². The number of carbonyl (C=O) groups excluding carboxylic acids is 2. The Balaban J connectivity index is 1.36. The molecule has 1 heterocycles. The van der Waals surface area contributed by atoms with Gasteiger partial charge in [0.05, 0.1) is 37.3 Å². The fourth-order valence-electron chi connectivity index (χ4n) is 3.89. The number of rotatable bonds is 9. The Morgan fingerprint density at radius 1 is 1.00 bits per heavy atom. The third kappa shape index (κ3) is 6.59. The molecule has 0 radical (unpaired) electrons. The van der Waals surface area contributed by atoms with Gasteiger partial charge in [0.1, 0.15) is 12.4 Å². The van der Waals surface area contributed by atoms with Gasteiger partial charge in [-0.25, -0.2) is 4.39 Å². The van der Waals surface area contributed by atoms with Crippen molar-refractivity contribution in [3.63, 3.8) is 0 Å². The molecule has 2 N–H and O–H groups in total. The van der Waals surface area contributed by atoms with Crippen LogP contribution in [0.2, 0.25) is 0 Å². The van der Waals surface area contributed by atoms with Crippen molar-refractivity contribution >= 4 is 35.3 Å². The van der Waals surface area contributed by atoms with E-state index in [1.807, 2.05) is 42.5 Å². The van der Waals surface area contributed by atoms with Gasteiger partial charge in [-0.15, -0.1) is 0 Å². The molecule has 7 heteroatoms. The van der Waals surface area contributed by atoms with E-state index in [2.05, 4.69) is 24.5 Å². The van der Waals surface area contributed by atoms with Crippen molar-refractivity contribution in [3.05, 3.63) is 101 Å². The smallest absolute Gasteiger partial charge is 0.265 e. The molecule has 4 rings (SSSR count). The van der Waals surface area contributed by atoms with Crippen LogP contribution in [0.3, 0.4) is 0 Å². The van der Waals surface area contributed by atoms with Crippen molar-refractivity contribution in [2.45, 2.75) is 11.3 Å². The van der Waals surface area contributed by atoms with Crippen molar-refractivity contribution < 1.29 is 18.9 Å². The van der Waals surface area contributed by atoms with E-state index in [0.717, 1.165) is 24.4 Å². The average molecular weight is 491 g/mol. The van der Waals surface area contributed by atoms with Gasteiger partial charge in [0, 0.05) is 16.9 Å². The summed E-state index contributed by atoms with van der Waals surface area (Å²) >= 11 is 1.29. The Morgan fingerprint density at radius 2 is 1.71 bits per heavy atom. The van der Waals surface area contributed by atoms with Crippen molar-refractivity contribution in [2.75, 3.05) is 38.1 Å². The second-order valence-electron chi connectivity index (χ2n) is 8.53. The Bertz CT molecular complexity index is 1220. The Morgan fingerprint density at radius 3 is 2.51 bits per heavy atom. The summed E-state index contributed by atoms with van der Waals surface area (Å²) in [5, 5.41) is 2.94. The molecule has 0 bridgehead atoms. The first kappa shape index (κ1) is 24.7. The van der Waals surface area contributed by atoms with Gasteiger partial charge in [0.2, 0.25) is 5.91 Å². The number of nitrogens with zero attached hydrogens (tertiary/aromatic N) is 1. The summed E-state index contributed by atoms with van der Waals surface area (Å²) in [5.74, 6) is -0.922. The molecule has 1 aliphatic heterocycles. The number of nitrogens with one attached hydrogen (secondary N) is 2. The largest absolute Gasteiger partial charge is 0.349 e. The minimum Gasteiger partial charge on any atom is -0.349 e. The second kappa shape index (κ2) is 11.8. The molecule has 0 fully saturated rings. The summed E-state index contributed by atoms with van der Waals surface area (Å²) in [7, 11) is 2.11. The van der Waals surface area contributed by atoms with E-state index >= 15 is 0 Å². The molecule has 0 aliphatic carbocycles. The van der Waals surface area contributed by atoms with Gasteiger partial charge in [-0.2, -0.15) is 0 Å². The molecule has 2 amide bonds. The van der Waals surface area contributed by atoms with E-state index in [1.54, 1.807) is 24.3 Å². The summed E-state index contributed by atoms with van der Waals surface area (Å²) in [6.45, 7) is 2.20. The van der Waals surface area contributed by atoms with Crippen molar-refractivity contribution in [3.8, 4) is 0 Å².